The van der Waals surface area contributed by atoms with Crippen molar-refractivity contribution >= 4 is 11.8 Å². The van der Waals surface area contributed by atoms with Gasteiger partial charge >= 0.3 is 6.03 Å². The molecule has 0 atom stereocenters. The molecule has 2 amide bonds. The molecule has 104 valence electrons. The van der Waals surface area contributed by atoms with E-state index in [1.807, 2.05) is 30.3 Å². The van der Waals surface area contributed by atoms with Crippen molar-refractivity contribution in [2.45, 2.75) is 6.54 Å². The summed E-state index contributed by atoms with van der Waals surface area (Å²) in [5, 5.41) is 11.7. The third kappa shape index (κ3) is 4.03. The van der Waals surface area contributed by atoms with Gasteiger partial charge in [0.1, 0.15) is 0 Å². The number of aromatic nitrogens is 2. The topological polar surface area (TPSA) is 78.4 Å². The van der Waals surface area contributed by atoms with Gasteiger partial charge in [-0.15, -0.1) is 0 Å². The van der Waals surface area contributed by atoms with E-state index in [9.17, 15) is 4.79 Å². The lowest BCUT2D eigenvalue weighted by molar-refractivity contribution is 0.185. The van der Waals surface area contributed by atoms with Gasteiger partial charge in [-0.25, -0.2) is 9.78 Å². The summed E-state index contributed by atoms with van der Waals surface area (Å²) in [4.78, 5) is 21.5. The van der Waals surface area contributed by atoms with Crippen LogP contribution in [0.5, 0.6) is 0 Å². The highest BCUT2D eigenvalue weighted by Gasteiger charge is 2.14. The van der Waals surface area contributed by atoms with Crippen molar-refractivity contribution in [1.29, 1.82) is 0 Å². The fraction of sp³-hybridized carbons (Fsp3) is 0.214. The molecule has 0 radical (unpaired) electrons. The van der Waals surface area contributed by atoms with Crippen LogP contribution in [0.1, 0.15) is 5.56 Å². The number of nitrogens with one attached hydrogen (secondary N) is 1. The van der Waals surface area contributed by atoms with Gasteiger partial charge in [0.2, 0.25) is 0 Å². The van der Waals surface area contributed by atoms with E-state index in [0.717, 1.165) is 5.56 Å². The third-order valence-electron chi connectivity index (χ3n) is 2.67. The molecule has 0 aliphatic carbocycles. The van der Waals surface area contributed by atoms with Crippen LogP contribution in [0.2, 0.25) is 0 Å². The number of hydrogen-bond acceptors (Lipinski definition) is 4. The fourth-order valence-corrected chi connectivity index (χ4v) is 1.73. The van der Waals surface area contributed by atoms with Gasteiger partial charge in [-0.2, -0.15) is 0 Å². The van der Waals surface area contributed by atoms with Crippen molar-refractivity contribution in [2.75, 3.05) is 18.5 Å². The van der Waals surface area contributed by atoms with Gasteiger partial charge < -0.3 is 10.0 Å². The minimum absolute atomic E-state index is 0.0965. The van der Waals surface area contributed by atoms with Crippen molar-refractivity contribution in [2.24, 2.45) is 0 Å². The lowest BCUT2D eigenvalue weighted by atomic mass is 10.2. The van der Waals surface area contributed by atoms with Gasteiger partial charge in [0, 0.05) is 25.5 Å². The first kappa shape index (κ1) is 14.0. The number of carbonyl (C=O) groups is 1. The molecule has 0 unspecified atom stereocenters. The van der Waals surface area contributed by atoms with Gasteiger partial charge in [0.15, 0.2) is 5.82 Å². The Labute approximate surface area is 117 Å². The van der Waals surface area contributed by atoms with E-state index < -0.39 is 0 Å². The zero-order valence-electron chi connectivity index (χ0n) is 10.9. The predicted molar refractivity (Wildman–Crippen MR) is 75.0 cm³/mol. The number of aliphatic hydroxyl groups excluding tert-OH is 1. The maximum absolute atomic E-state index is 12.1. The number of anilines is 1. The second-order valence-electron chi connectivity index (χ2n) is 4.15. The van der Waals surface area contributed by atoms with Crippen molar-refractivity contribution in [1.82, 2.24) is 14.9 Å². The lowest BCUT2D eigenvalue weighted by Crippen LogP contribution is -2.36. The van der Waals surface area contributed by atoms with Crippen molar-refractivity contribution in [3.63, 3.8) is 0 Å². The number of hydrogen-bond donors (Lipinski definition) is 2. The van der Waals surface area contributed by atoms with Gasteiger partial charge in [-0.1, -0.05) is 30.3 Å². The summed E-state index contributed by atoms with van der Waals surface area (Å²) in [6, 6.07) is 9.28. The van der Waals surface area contributed by atoms with Crippen LogP contribution in [0, 0.1) is 0 Å². The van der Waals surface area contributed by atoms with E-state index >= 15 is 0 Å². The molecule has 1 aromatic carbocycles. The van der Waals surface area contributed by atoms with Gasteiger partial charge in [0.25, 0.3) is 0 Å². The molecule has 2 N–H and O–H groups in total. The molecule has 0 saturated carbocycles. The van der Waals surface area contributed by atoms with Crippen LogP contribution < -0.4 is 5.32 Å². The van der Waals surface area contributed by atoms with E-state index in [1.165, 1.54) is 23.5 Å². The first-order chi connectivity index (χ1) is 9.79. The number of nitrogens with zero attached hydrogens (tertiary/aromatic N) is 3. The molecule has 6 heteroatoms. The van der Waals surface area contributed by atoms with Crippen molar-refractivity contribution < 1.29 is 9.90 Å². The molecule has 0 aliphatic heterocycles. The molecule has 2 aromatic rings. The SMILES string of the molecule is O=C(Nc1cnccn1)N(CCO)Cc1ccccc1. The van der Waals surface area contributed by atoms with Crippen LogP contribution in [-0.4, -0.2) is 39.2 Å². The molecule has 0 spiro atoms. The summed E-state index contributed by atoms with van der Waals surface area (Å²) in [5.41, 5.74) is 0.996. The molecule has 0 fully saturated rings. The third-order valence-corrected chi connectivity index (χ3v) is 2.67. The van der Waals surface area contributed by atoms with Crippen molar-refractivity contribution in [3.8, 4) is 0 Å². The van der Waals surface area contributed by atoms with Gasteiger partial charge in [0.05, 0.1) is 12.8 Å². The first-order valence-corrected chi connectivity index (χ1v) is 6.26. The lowest BCUT2D eigenvalue weighted by Gasteiger charge is -2.22. The van der Waals surface area contributed by atoms with Crippen LogP contribution >= 0.6 is 0 Å². The molecule has 1 aromatic heterocycles. The van der Waals surface area contributed by atoms with Crippen LogP contribution in [0.3, 0.4) is 0 Å². The van der Waals surface area contributed by atoms with E-state index in [0.29, 0.717) is 12.4 Å². The highest BCUT2D eigenvalue weighted by Crippen LogP contribution is 2.07. The monoisotopic (exact) mass is 272 g/mol. The van der Waals surface area contributed by atoms with Crippen LogP contribution in [0.4, 0.5) is 10.6 Å². The van der Waals surface area contributed by atoms with Crippen LogP contribution in [0.15, 0.2) is 48.9 Å². The Balaban J connectivity index is 2.02. The minimum Gasteiger partial charge on any atom is -0.395 e. The van der Waals surface area contributed by atoms with E-state index in [1.54, 1.807) is 0 Å². The second-order valence-corrected chi connectivity index (χ2v) is 4.15. The normalized spacial score (nSPS) is 10.1. The largest absolute Gasteiger partial charge is 0.395 e. The molecule has 6 nitrogen and oxygen atoms in total. The molecular formula is C14H16N4O2. The fourth-order valence-electron chi connectivity index (χ4n) is 1.73. The Morgan fingerprint density at radius 3 is 2.70 bits per heavy atom. The number of amides is 2. The first-order valence-electron chi connectivity index (χ1n) is 6.26. The number of urea groups is 1. The van der Waals surface area contributed by atoms with Crippen LogP contribution in [0.25, 0.3) is 0 Å². The smallest absolute Gasteiger partial charge is 0.323 e. The summed E-state index contributed by atoms with van der Waals surface area (Å²) >= 11 is 0. The maximum atomic E-state index is 12.1. The quantitative estimate of drug-likeness (QED) is 0.864. The average Bonchev–Trinajstić information content (AvgIpc) is 2.49. The minimum atomic E-state index is -0.316. The summed E-state index contributed by atoms with van der Waals surface area (Å²) < 4.78 is 0. The molecule has 0 saturated heterocycles. The van der Waals surface area contributed by atoms with Crippen LogP contribution in [-0.2, 0) is 6.54 Å². The summed E-state index contributed by atoms with van der Waals surface area (Å²) in [5.74, 6) is 0.383. The average molecular weight is 272 g/mol. The highest BCUT2D eigenvalue weighted by atomic mass is 16.3. The maximum Gasteiger partial charge on any atom is 0.323 e. The van der Waals surface area contributed by atoms with E-state index in [4.69, 9.17) is 5.11 Å². The summed E-state index contributed by atoms with van der Waals surface area (Å²) in [6.07, 6.45) is 4.51. The molecule has 0 bridgehead atoms. The Hall–Kier alpha value is -2.47. The van der Waals surface area contributed by atoms with E-state index in [2.05, 4.69) is 15.3 Å². The number of aliphatic hydroxyl groups is 1. The summed E-state index contributed by atoms with van der Waals surface area (Å²) in [7, 11) is 0. The molecule has 20 heavy (non-hydrogen) atoms. The zero-order chi connectivity index (χ0) is 14.2. The molecule has 1 heterocycles. The van der Waals surface area contributed by atoms with E-state index in [-0.39, 0.29) is 19.2 Å². The predicted octanol–water partition coefficient (Wildman–Crippen LogP) is 1.50. The molecule has 2 rings (SSSR count). The number of carbonyl (C=O) groups excluding carboxylic acids is 1. The van der Waals surface area contributed by atoms with Crippen molar-refractivity contribution in [3.05, 3.63) is 54.5 Å². The Morgan fingerprint density at radius 2 is 2.05 bits per heavy atom. The standard InChI is InChI=1S/C14H16N4O2/c19-9-8-18(11-12-4-2-1-3-5-12)14(20)17-13-10-15-6-7-16-13/h1-7,10,19H,8-9,11H2,(H,16,17,20). The Morgan fingerprint density at radius 1 is 1.25 bits per heavy atom. The number of benzene rings is 1. The molecular weight excluding hydrogens is 256 g/mol. The zero-order valence-corrected chi connectivity index (χ0v) is 10.9. The van der Waals surface area contributed by atoms with Gasteiger partial charge in [-0.3, -0.25) is 10.3 Å². The Kier molecular flexibility index (Phi) is 5.02. The highest BCUT2D eigenvalue weighted by molar-refractivity contribution is 5.88. The molecule has 0 aliphatic rings. The van der Waals surface area contributed by atoms with Gasteiger partial charge in [-0.05, 0) is 5.56 Å². The Bertz CT molecular complexity index is 533. The second kappa shape index (κ2) is 7.20. The number of rotatable bonds is 5. The summed E-state index contributed by atoms with van der Waals surface area (Å²) in [6.45, 7) is 0.579.